The molecule has 0 amide bonds. The van der Waals surface area contributed by atoms with Crippen molar-refractivity contribution in [1.29, 1.82) is 0 Å². The van der Waals surface area contributed by atoms with Crippen LogP contribution in [0.4, 0.5) is 5.69 Å². The average Bonchev–Trinajstić information content (AvgIpc) is 2.16. The Morgan fingerprint density at radius 3 is 2.80 bits per heavy atom. The van der Waals surface area contributed by atoms with Gasteiger partial charge in [0.1, 0.15) is 0 Å². The van der Waals surface area contributed by atoms with Crippen LogP contribution in [0.5, 0.6) is 0 Å². The predicted octanol–water partition coefficient (Wildman–Crippen LogP) is 3.69. The van der Waals surface area contributed by atoms with Crippen molar-refractivity contribution in [2.24, 2.45) is 10.7 Å². The molecule has 0 radical (unpaired) electrons. The fourth-order valence-electron chi connectivity index (χ4n) is 1.19. The van der Waals surface area contributed by atoms with Crippen LogP contribution in [-0.4, -0.2) is 5.71 Å². The molecule has 1 rings (SSSR count). The van der Waals surface area contributed by atoms with Crippen LogP contribution in [0.25, 0.3) is 0 Å². The van der Waals surface area contributed by atoms with Gasteiger partial charge in [-0.3, -0.25) is 4.99 Å². The third-order valence-corrected chi connectivity index (χ3v) is 2.07. The predicted molar refractivity (Wildman–Crippen MR) is 66.8 cm³/mol. The van der Waals surface area contributed by atoms with Crippen molar-refractivity contribution < 1.29 is 0 Å². The number of aliphatic imine (C=N–C) groups is 1. The summed E-state index contributed by atoms with van der Waals surface area (Å²) in [6, 6.07) is 7.46. The summed E-state index contributed by atoms with van der Waals surface area (Å²) >= 11 is 5.87. The first kappa shape index (κ1) is 11.8. The van der Waals surface area contributed by atoms with Gasteiger partial charge in [-0.2, -0.15) is 0 Å². The Bertz CT molecular complexity index is 390. The number of benzene rings is 1. The van der Waals surface area contributed by atoms with Gasteiger partial charge in [0.05, 0.1) is 5.69 Å². The molecule has 0 saturated heterocycles. The molecular weight excluding hydrogens is 208 g/mol. The van der Waals surface area contributed by atoms with Crippen LogP contribution in [-0.2, 0) is 0 Å². The van der Waals surface area contributed by atoms with Crippen LogP contribution in [0.15, 0.2) is 41.0 Å². The molecule has 15 heavy (non-hydrogen) atoms. The molecule has 0 fully saturated rings. The highest BCUT2D eigenvalue weighted by atomic mass is 35.5. The molecule has 0 aromatic heterocycles. The van der Waals surface area contributed by atoms with E-state index in [9.17, 15) is 0 Å². The smallest absolute Gasteiger partial charge is 0.0647 e. The molecule has 0 unspecified atom stereocenters. The zero-order valence-electron chi connectivity index (χ0n) is 9.00. The van der Waals surface area contributed by atoms with E-state index in [4.69, 9.17) is 17.3 Å². The van der Waals surface area contributed by atoms with Crippen molar-refractivity contribution in [2.45, 2.75) is 20.3 Å². The van der Waals surface area contributed by atoms with Crippen LogP contribution >= 0.6 is 11.6 Å². The van der Waals surface area contributed by atoms with Gasteiger partial charge in [-0.1, -0.05) is 24.6 Å². The second-order valence-electron chi connectivity index (χ2n) is 3.32. The Hall–Kier alpha value is -1.28. The first-order valence-corrected chi connectivity index (χ1v) is 5.26. The molecule has 0 aliphatic heterocycles. The molecule has 0 bridgehead atoms. The van der Waals surface area contributed by atoms with Crippen molar-refractivity contribution in [3.05, 3.63) is 41.1 Å². The van der Waals surface area contributed by atoms with E-state index in [0.29, 0.717) is 5.02 Å². The molecule has 0 spiro atoms. The van der Waals surface area contributed by atoms with E-state index in [-0.39, 0.29) is 0 Å². The van der Waals surface area contributed by atoms with Gasteiger partial charge in [-0.05, 0) is 37.6 Å². The van der Waals surface area contributed by atoms with E-state index in [2.05, 4.69) is 4.99 Å². The molecule has 80 valence electrons. The lowest BCUT2D eigenvalue weighted by Crippen LogP contribution is -1.97. The molecule has 0 aliphatic carbocycles. The van der Waals surface area contributed by atoms with E-state index in [1.807, 2.05) is 44.2 Å². The molecule has 2 nitrogen and oxygen atoms in total. The Kier molecular flexibility index (Phi) is 4.37. The summed E-state index contributed by atoms with van der Waals surface area (Å²) in [6.45, 7) is 3.89. The Balaban J connectivity index is 2.98. The summed E-state index contributed by atoms with van der Waals surface area (Å²) in [7, 11) is 0. The molecule has 0 saturated carbocycles. The Labute approximate surface area is 95.5 Å². The van der Waals surface area contributed by atoms with Crippen LogP contribution in [0, 0.1) is 0 Å². The third kappa shape index (κ3) is 4.17. The summed E-state index contributed by atoms with van der Waals surface area (Å²) in [4.78, 5) is 4.45. The lowest BCUT2D eigenvalue weighted by atomic mass is 10.2. The standard InChI is InChI=1S/C12H15ClN2/c1-3-11(7-9(2)14)15-12-6-4-5-10(13)8-12/h4-8H,3,14H2,1-2H3/b9-7-,15-11?. The van der Waals surface area contributed by atoms with Gasteiger partial charge < -0.3 is 5.73 Å². The first-order chi connectivity index (χ1) is 7.11. The quantitative estimate of drug-likeness (QED) is 0.779. The lowest BCUT2D eigenvalue weighted by molar-refractivity contribution is 1.25. The zero-order chi connectivity index (χ0) is 11.3. The zero-order valence-corrected chi connectivity index (χ0v) is 9.75. The summed E-state index contributed by atoms with van der Waals surface area (Å²) < 4.78 is 0. The monoisotopic (exact) mass is 222 g/mol. The van der Waals surface area contributed by atoms with Crippen molar-refractivity contribution in [3.8, 4) is 0 Å². The number of hydrogen-bond acceptors (Lipinski definition) is 2. The Morgan fingerprint density at radius 2 is 2.27 bits per heavy atom. The number of rotatable bonds is 3. The molecule has 1 aromatic rings. The van der Waals surface area contributed by atoms with E-state index >= 15 is 0 Å². The van der Waals surface area contributed by atoms with Crippen LogP contribution in [0.3, 0.4) is 0 Å². The molecular formula is C12H15ClN2. The van der Waals surface area contributed by atoms with Crippen LogP contribution < -0.4 is 5.73 Å². The maximum absolute atomic E-state index is 5.87. The molecule has 1 aromatic carbocycles. The average molecular weight is 223 g/mol. The fraction of sp³-hybridized carbons (Fsp3) is 0.250. The van der Waals surface area contributed by atoms with Gasteiger partial charge in [0.25, 0.3) is 0 Å². The van der Waals surface area contributed by atoms with Gasteiger partial charge in [-0.15, -0.1) is 0 Å². The summed E-state index contributed by atoms with van der Waals surface area (Å²) in [5, 5.41) is 0.695. The number of nitrogens with two attached hydrogens (primary N) is 1. The highest BCUT2D eigenvalue weighted by molar-refractivity contribution is 6.30. The fourth-order valence-corrected chi connectivity index (χ4v) is 1.37. The van der Waals surface area contributed by atoms with E-state index in [1.165, 1.54) is 0 Å². The maximum atomic E-state index is 5.87. The number of allylic oxidation sites excluding steroid dienone is 2. The minimum atomic E-state index is 0.695. The lowest BCUT2D eigenvalue weighted by Gasteiger charge is -1.99. The van der Waals surface area contributed by atoms with Crippen molar-refractivity contribution >= 4 is 23.0 Å². The largest absolute Gasteiger partial charge is 0.402 e. The van der Waals surface area contributed by atoms with Gasteiger partial charge in [0.2, 0.25) is 0 Å². The SMILES string of the molecule is CCC(/C=C(/C)N)=Nc1cccc(Cl)c1. The van der Waals surface area contributed by atoms with Crippen molar-refractivity contribution in [3.63, 3.8) is 0 Å². The van der Waals surface area contributed by atoms with Gasteiger partial charge in [-0.25, -0.2) is 0 Å². The first-order valence-electron chi connectivity index (χ1n) is 4.88. The number of halogens is 1. The Morgan fingerprint density at radius 1 is 1.53 bits per heavy atom. The van der Waals surface area contributed by atoms with Gasteiger partial charge >= 0.3 is 0 Å². The summed E-state index contributed by atoms with van der Waals surface area (Å²) in [5.74, 6) is 0. The van der Waals surface area contributed by atoms with E-state index in [1.54, 1.807) is 0 Å². The molecule has 0 heterocycles. The second kappa shape index (κ2) is 5.56. The molecule has 0 aliphatic rings. The minimum Gasteiger partial charge on any atom is -0.402 e. The van der Waals surface area contributed by atoms with Gasteiger partial charge in [0, 0.05) is 16.4 Å². The molecule has 3 heteroatoms. The third-order valence-electron chi connectivity index (χ3n) is 1.84. The number of nitrogens with zero attached hydrogens (tertiary/aromatic N) is 1. The highest BCUT2D eigenvalue weighted by Gasteiger charge is 1.95. The molecule has 0 atom stereocenters. The number of hydrogen-bond donors (Lipinski definition) is 1. The minimum absolute atomic E-state index is 0.695. The maximum Gasteiger partial charge on any atom is 0.0647 e. The normalized spacial score (nSPS) is 13.0. The topological polar surface area (TPSA) is 38.4 Å². The second-order valence-corrected chi connectivity index (χ2v) is 3.76. The van der Waals surface area contributed by atoms with Crippen LogP contribution in [0.1, 0.15) is 20.3 Å². The highest BCUT2D eigenvalue weighted by Crippen LogP contribution is 2.18. The summed E-state index contributed by atoms with van der Waals surface area (Å²) in [5.41, 5.74) is 8.18. The van der Waals surface area contributed by atoms with E-state index < -0.39 is 0 Å². The van der Waals surface area contributed by atoms with Crippen molar-refractivity contribution in [1.82, 2.24) is 0 Å². The van der Waals surface area contributed by atoms with Gasteiger partial charge in [0.15, 0.2) is 0 Å². The summed E-state index contributed by atoms with van der Waals surface area (Å²) in [6.07, 6.45) is 2.72. The molecule has 2 N–H and O–H groups in total. The van der Waals surface area contributed by atoms with E-state index in [0.717, 1.165) is 23.5 Å². The van der Waals surface area contributed by atoms with Crippen LogP contribution in [0.2, 0.25) is 5.02 Å². The van der Waals surface area contributed by atoms with Crippen molar-refractivity contribution in [2.75, 3.05) is 0 Å².